The molecule has 2 aromatic heterocycles. The van der Waals surface area contributed by atoms with Crippen molar-refractivity contribution in [2.75, 3.05) is 6.54 Å². The second kappa shape index (κ2) is 5.15. The normalized spacial score (nSPS) is 14.0. The Morgan fingerprint density at radius 2 is 2.14 bits per heavy atom. The van der Waals surface area contributed by atoms with Crippen molar-refractivity contribution in [2.24, 2.45) is 0 Å². The van der Waals surface area contributed by atoms with E-state index in [1.165, 1.54) is 5.56 Å². The number of pyridine rings is 1. The van der Waals surface area contributed by atoms with Crippen molar-refractivity contribution in [1.29, 1.82) is 0 Å². The zero-order valence-electron chi connectivity index (χ0n) is 12.3. The highest BCUT2D eigenvalue weighted by molar-refractivity contribution is 5.82. The van der Waals surface area contributed by atoms with Crippen LogP contribution in [0, 0.1) is 6.92 Å². The van der Waals surface area contributed by atoms with Crippen molar-refractivity contribution >= 4 is 16.7 Å². The smallest absolute Gasteiger partial charge is 0.163 e. The first-order valence-electron chi connectivity index (χ1n) is 7.34. The van der Waals surface area contributed by atoms with E-state index in [-0.39, 0.29) is 0 Å². The average molecular weight is 288 g/mol. The molecule has 4 heteroatoms. The van der Waals surface area contributed by atoms with Gasteiger partial charge < -0.3 is 5.32 Å². The molecule has 108 valence electrons. The molecule has 4 rings (SSSR count). The van der Waals surface area contributed by atoms with Gasteiger partial charge in [-0.2, -0.15) is 0 Å². The number of imidazole rings is 1. The molecule has 4 nitrogen and oxygen atoms in total. The van der Waals surface area contributed by atoms with Crippen molar-refractivity contribution in [3.05, 3.63) is 72.2 Å². The average Bonchev–Trinajstić information content (AvgIpc) is 2.95. The number of hydrogen-bond donors (Lipinski definition) is 1. The van der Waals surface area contributed by atoms with Crippen LogP contribution in [0.4, 0.5) is 0 Å². The van der Waals surface area contributed by atoms with E-state index in [9.17, 15) is 0 Å². The SMILES string of the molecule is Cc1ccc2c(c1)nc(C1=CC=CCN1)n2-c1ccccn1. The van der Waals surface area contributed by atoms with Gasteiger partial charge in [0, 0.05) is 12.7 Å². The van der Waals surface area contributed by atoms with Gasteiger partial charge in [0.15, 0.2) is 5.82 Å². The summed E-state index contributed by atoms with van der Waals surface area (Å²) in [5, 5.41) is 3.38. The molecule has 3 aromatic rings. The van der Waals surface area contributed by atoms with Crippen molar-refractivity contribution < 1.29 is 0 Å². The Hall–Kier alpha value is -2.88. The number of fused-ring (bicyclic) bond motifs is 1. The summed E-state index contributed by atoms with van der Waals surface area (Å²) in [5.74, 6) is 1.77. The zero-order valence-corrected chi connectivity index (χ0v) is 12.3. The van der Waals surface area contributed by atoms with Gasteiger partial charge in [0.1, 0.15) is 5.82 Å². The fourth-order valence-corrected chi connectivity index (χ4v) is 2.70. The van der Waals surface area contributed by atoms with E-state index >= 15 is 0 Å². The van der Waals surface area contributed by atoms with Crippen LogP contribution in [-0.2, 0) is 0 Å². The molecule has 1 aliphatic rings. The van der Waals surface area contributed by atoms with Gasteiger partial charge in [0.2, 0.25) is 0 Å². The van der Waals surface area contributed by atoms with Crippen LogP contribution < -0.4 is 5.32 Å². The van der Waals surface area contributed by atoms with Crippen LogP contribution in [0.25, 0.3) is 22.5 Å². The Morgan fingerprint density at radius 3 is 2.91 bits per heavy atom. The molecular formula is C18H16N4. The van der Waals surface area contributed by atoms with Crippen molar-refractivity contribution in [2.45, 2.75) is 6.92 Å². The molecular weight excluding hydrogens is 272 g/mol. The molecule has 0 spiro atoms. The van der Waals surface area contributed by atoms with Gasteiger partial charge in [0.05, 0.1) is 16.7 Å². The second-order valence-corrected chi connectivity index (χ2v) is 5.34. The van der Waals surface area contributed by atoms with Gasteiger partial charge in [-0.25, -0.2) is 9.97 Å². The number of aromatic nitrogens is 3. The highest BCUT2D eigenvalue weighted by atomic mass is 15.2. The molecule has 0 radical (unpaired) electrons. The molecule has 0 fully saturated rings. The lowest BCUT2D eigenvalue weighted by Crippen LogP contribution is -2.17. The van der Waals surface area contributed by atoms with Crippen LogP contribution in [0.5, 0.6) is 0 Å². The first-order chi connectivity index (χ1) is 10.8. The quantitative estimate of drug-likeness (QED) is 0.787. The predicted molar refractivity (Wildman–Crippen MR) is 88.7 cm³/mol. The molecule has 0 saturated heterocycles. The summed E-state index contributed by atoms with van der Waals surface area (Å²) in [4.78, 5) is 9.33. The third-order valence-corrected chi connectivity index (χ3v) is 3.74. The maximum atomic E-state index is 4.83. The number of rotatable bonds is 2. The summed E-state index contributed by atoms with van der Waals surface area (Å²) in [6, 6.07) is 12.2. The standard InChI is InChI=1S/C18H16N4/c1-13-8-9-16-15(12-13)21-18(14-6-2-4-10-19-14)22(16)17-7-3-5-11-20-17/h2-9,11-12,19H,10H2,1H3. The van der Waals surface area contributed by atoms with Gasteiger partial charge in [-0.05, 0) is 42.8 Å². The van der Waals surface area contributed by atoms with Crippen LogP contribution in [0.3, 0.4) is 0 Å². The summed E-state index contributed by atoms with van der Waals surface area (Å²) in [7, 11) is 0. The fraction of sp³-hybridized carbons (Fsp3) is 0.111. The van der Waals surface area contributed by atoms with E-state index in [0.717, 1.165) is 34.9 Å². The Kier molecular flexibility index (Phi) is 3.00. The second-order valence-electron chi connectivity index (χ2n) is 5.34. The van der Waals surface area contributed by atoms with Gasteiger partial charge in [-0.1, -0.05) is 24.3 Å². The summed E-state index contributed by atoms with van der Waals surface area (Å²) in [6.07, 6.45) is 8.00. The molecule has 0 atom stereocenters. The number of benzene rings is 1. The Bertz CT molecular complexity index is 888. The predicted octanol–water partition coefficient (Wildman–Crippen LogP) is 3.23. The molecule has 0 unspecified atom stereocenters. The van der Waals surface area contributed by atoms with E-state index in [1.807, 2.05) is 24.4 Å². The first kappa shape index (κ1) is 12.8. The van der Waals surface area contributed by atoms with Crippen LogP contribution in [0.15, 0.2) is 60.8 Å². The Morgan fingerprint density at radius 1 is 1.18 bits per heavy atom. The van der Waals surface area contributed by atoms with Crippen molar-refractivity contribution in [3.63, 3.8) is 0 Å². The van der Waals surface area contributed by atoms with Gasteiger partial charge >= 0.3 is 0 Å². The van der Waals surface area contributed by atoms with Gasteiger partial charge in [-0.15, -0.1) is 0 Å². The van der Waals surface area contributed by atoms with E-state index in [4.69, 9.17) is 4.98 Å². The van der Waals surface area contributed by atoms with E-state index in [0.29, 0.717) is 0 Å². The van der Waals surface area contributed by atoms with E-state index in [1.54, 1.807) is 0 Å². The third-order valence-electron chi connectivity index (χ3n) is 3.74. The maximum absolute atomic E-state index is 4.83. The van der Waals surface area contributed by atoms with Crippen molar-refractivity contribution in [1.82, 2.24) is 19.9 Å². The highest BCUT2D eigenvalue weighted by Gasteiger charge is 2.17. The molecule has 3 heterocycles. The molecule has 1 aliphatic heterocycles. The van der Waals surface area contributed by atoms with Crippen LogP contribution in [-0.4, -0.2) is 21.1 Å². The minimum Gasteiger partial charge on any atom is -0.379 e. The molecule has 0 saturated carbocycles. The van der Waals surface area contributed by atoms with E-state index in [2.05, 4.69) is 58.2 Å². The molecule has 22 heavy (non-hydrogen) atoms. The lowest BCUT2D eigenvalue weighted by molar-refractivity contribution is 0.924. The Balaban J connectivity index is 2.02. The lowest BCUT2D eigenvalue weighted by atomic mass is 10.2. The van der Waals surface area contributed by atoms with Gasteiger partial charge in [0.25, 0.3) is 0 Å². The minimum absolute atomic E-state index is 0.816. The number of nitrogens with zero attached hydrogens (tertiary/aromatic N) is 3. The summed E-state index contributed by atoms with van der Waals surface area (Å²) >= 11 is 0. The zero-order chi connectivity index (χ0) is 14.9. The number of hydrogen-bond acceptors (Lipinski definition) is 3. The minimum atomic E-state index is 0.816. The van der Waals surface area contributed by atoms with Gasteiger partial charge in [-0.3, -0.25) is 4.57 Å². The molecule has 0 bridgehead atoms. The maximum Gasteiger partial charge on any atom is 0.163 e. The molecule has 0 amide bonds. The summed E-state index contributed by atoms with van der Waals surface area (Å²) < 4.78 is 2.10. The lowest BCUT2D eigenvalue weighted by Gasteiger charge is -2.13. The molecule has 0 aliphatic carbocycles. The highest BCUT2D eigenvalue weighted by Crippen LogP contribution is 2.25. The number of allylic oxidation sites excluding steroid dienone is 2. The first-order valence-corrected chi connectivity index (χ1v) is 7.34. The van der Waals surface area contributed by atoms with Crippen molar-refractivity contribution in [3.8, 4) is 5.82 Å². The number of dihydropyridines is 1. The Labute approximate surface area is 128 Å². The molecule has 1 N–H and O–H groups in total. The molecule has 1 aromatic carbocycles. The topological polar surface area (TPSA) is 42.7 Å². The fourth-order valence-electron chi connectivity index (χ4n) is 2.70. The number of aryl methyl sites for hydroxylation is 1. The number of nitrogens with one attached hydrogen (secondary N) is 1. The monoisotopic (exact) mass is 288 g/mol. The van der Waals surface area contributed by atoms with E-state index < -0.39 is 0 Å². The van der Waals surface area contributed by atoms with Crippen LogP contribution >= 0.6 is 0 Å². The summed E-state index contributed by atoms with van der Waals surface area (Å²) in [5.41, 5.74) is 4.27. The third kappa shape index (κ3) is 2.09. The van der Waals surface area contributed by atoms with Crippen LogP contribution in [0.1, 0.15) is 11.4 Å². The largest absolute Gasteiger partial charge is 0.379 e. The van der Waals surface area contributed by atoms with Crippen LogP contribution in [0.2, 0.25) is 0 Å². The summed E-state index contributed by atoms with van der Waals surface area (Å²) in [6.45, 7) is 2.90.